The average Bonchev–Trinajstić information content (AvgIpc) is 2.19. The Morgan fingerprint density at radius 2 is 1.93 bits per heavy atom. The first-order valence-corrected chi connectivity index (χ1v) is 4.78. The third kappa shape index (κ3) is 5.10. The number of carbonyl (C=O) groups excluding carboxylic acids is 1. The highest BCUT2D eigenvalue weighted by Gasteiger charge is 2.03. The molecule has 1 aromatic rings. The van der Waals surface area contributed by atoms with Gasteiger partial charge in [-0.25, -0.2) is 8.78 Å². The molecule has 0 fully saturated rings. The van der Waals surface area contributed by atoms with E-state index in [9.17, 15) is 13.6 Å². The molecule has 84 valence electrons. The Morgan fingerprint density at radius 1 is 1.33 bits per heavy atom. The molecule has 15 heavy (non-hydrogen) atoms. The standard InChI is InChI=1S/C9H9F2NO.C2H6/c1-6(13)12-5-7-2-3-8(10)4-9(7)11;1-2/h2-4H,5H2,1H3,(H,12,13);1-2H3. The predicted molar refractivity (Wildman–Crippen MR) is 55.2 cm³/mol. The van der Waals surface area contributed by atoms with Gasteiger partial charge in [-0.1, -0.05) is 19.9 Å². The first kappa shape index (κ1) is 13.5. The number of benzene rings is 1. The minimum atomic E-state index is -0.645. The minimum absolute atomic E-state index is 0.0848. The molecule has 0 saturated carbocycles. The van der Waals surface area contributed by atoms with Crippen molar-refractivity contribution >= 4 is 5.91 Å². The van der Waals surface area contributed by atoms with Crippen LogP contribution < -0.4 is 5.32 Å². The summed E-state index contributed by atoms with van der Waals surface area (Å²) >= 11 is 0. The SMILES string of the molecule is CC.CC(=O)NCc1ccc(F)cc1F. The van der Waals surface area contributed by atoms with Crippen molar-refractivity contribution < 1.29 is 13.6 Å². The van der Waals surface area contributed by atoms with E-state index in [4.69, 9.17) is 0 Å². The molecule has 1 aromatic carbocycles. The molecule has 0 aliphatic rings. The quantitative estimate of drug-likeness (QED) is 0.807. The van der Waals surface area contributed by atoms with Crippen LogP contribution in [0.1, 0.15) is 26.3 Å². The van der Waals surface area contributed by atoms with Crippen LogP contribution >= 0.6 is 0 Å². The van der Waals surface area contributed by atoms with E-state index in [1.54, 1.807) is 0 Å². The third-order valence-electron chi connectivity index (χ3n) is 1.54. The summed E-state index contributed by atoms with van der Waals surface area (Å²) in [4.78, 5) is 10.5. The Morgan fingerprint density at radius 3 is 2.40 bits per heavy atom. The van der Waals surface area contributed by atoms with Gasteiger partial charge < -0.3 is 5.32 Å². The number of nitrogens with one attached hydrogen (secondary N) is 1. The number of carbonyl (C=O) groups is 1. The van der Waals surface area contributed by atoms with Gasteiger partial charge in [0.25, 0.3) is 0 Å². The molecule has 0 radical (unpaired) electrons. The molecule has 4 heteroatoms. The summed E-state index contributed by atoms with van der Waals surface area (Å²) in [5, 5.41) is 2.42. The molecule has 0 aromatic heterocycles. The molecule has 0 atom stereocenters. The van der Waals surface area contributed by atoms with Crippen molar-refractivity contribution in [3.05, 3.63) is 35.4 Å². The van der Waals surface area contributed by atoms with Crippen LogP contribution in [0, 0.1) is 11.6 Å². The molecule has 0 bridgehead atoms. The largest absolute Gasteiger partial charge is 0.352 e. The lowest BCUT2D eigenvalue weighted by Crippen LogP contribution is -2.19. The van der Waals surface area contributed by atoms with Crippen molar-refractivity contribution in [3.8, 4) is 0 Å². The average molecular weight is 215 g/mol. The Hall–Kier alpha value is -1.45. The fraction of sp³-hybridized carbons (Fsp3) is 0.364. The van der Waals surface area contributed by atoms with Gasteiger partial charge in [0, 0.05) is 25.1 Å². The minimum Gasteiger partial charge on any atom is -0.352 e. The lowest BCUT2D eigenvalue weighted by Gasteiger charge is -2.03. The number of rotatable bonds is 2. The van der Waals surface area contributed by atoms with Crippen molar-refractivity contribution in [2.24, 2.45) is 0 Å². The van der Waals surface area contributed by atoms with Crippen molar-refractivity contribution in [3.63, 3.8) is 0 Å². The van der Waals surface area contributed by atoms with Crippen LogP contribution in [0.3, 0.4) is 0 Å². The van der Waals surface area contributed by atoms with Gasteiger partial charge in [0.15, 0.2) is 0 Å². The van der Waals surface area contributed by atoms with Crippen molar-refractivity contribution in [1.82, 2.24) is 5.32 Å². The van der Waals surface area contributed by atoms with Crippen molar-refractivity contribution in [2.75, 3.05) is 0 Å². The Balaban J connectivity index is 0.000000921. The van der Waals surface area contributed by atoms with Gasteiger partial charge in [0.05, 0.1) is 0 Å². The van der Waals surface area contributed by atoms with Gasteiger partial charge in [-0.15, -0.1) is 0 Å². The van der Waals surface area contributed by atoms with Gasteiger partial charge in [0.1, 0.15) is 11.6 Å². The van der Waals surface area contributed by atoms with E-state index < -0.39 is 11.6 Å². The molecule has 0 unspecified atom stereocenters. The van der Waals surface area contributed by atoms with E-state index in [0.29, 0.717) is 0 Å². The maximum atomic E-state index is 12.9. The lowest BCUT2D eigenvalue weighted by atomic mass is 10.2. The van der Waals surface area contributed by atoms with Gasteiger partial charge in [-0.05, 0) is 6.07 Å². The van der Waals surface area contributed by atoms with E-state index in [0.717, 1.165) is 12.1 Å². The molecule has 0 aliphatic carbocycles. The maximum Gasteiger partial charge on any atom is 0.217 e. The summed E-state index contributed by atoms with van der Waals surface area (Å²) in [7, 11) is 0. The van der Waals surface area contributed by atoms with Gasteiger partial charge in [-0.2, -0.15) is 0 Å². The topological polar surface area (TPSA) is 29.1 Å². The van der Waals surface area contributed by atoms with Crippen LogP contribution in [-0.2, 0) is 11.3 Å². The first-order chi connectivity index (χ1) is 7.09. The van der Waals surface area contributed by atoms with Gasteiger partial charge >= 0.3 is 0 Å². The summed E-state index contributed by atoms with van der Waals surface area (Å²) in [6.07, 6.45) is 0. The Bertz CT molecular complexity index is 326. The molecule has 1 N–H and O–H groups in total. The zero-order valence-corrected chi connectivity index (χ0v) is 9.10. The fourth-order valence-electron chi connectivity index (χ4n) is 0.885. The number of hydrogen-bond donors (Lipinski definition) is 1. The smallest absolute Gasteiger partial charge is 0.217 e. The summed E-state index contributed by atoms with van der Waals surface area (Å²) in [5.41, 5.74) is 0.275. The Labute approximate surface area is 88.3 Å². The van der Waals surface area contributed by atoms with Crippen LogP contribution in [0.15, 0.2) is 18.2 Å². The normalized spacial score (nSPS) is 8.87. The fourth-order valence-corrected chi connectivity index (χ4v) is 0.885. The zero-order valence-electron chi connectivity index (χ0n) is 9.10. The molecule has 0 aliphatic heterocycles. The number of hydrogen-bond acceptors (Lipinski definition) is 1. The van der Waals surface area contributed by atoms with Crippen LogP contribution in [-0.4, -0.2) is 5.91 Å². The van der Waals surface area contributed by atoms with Gasteiger partial charge in [0.2, 0.25) is 5.91 Å². The van der Waals surface area contributed by atoms with E-state index in [1.807, 2.05) is 13.8 Å². The second-order valence-electron chi connectivity index (χ2n) is 2.65. The molecule has 1 amide bonds. The van der Waals surface area contributed by atoms with E-state index in [1.165, 1.54) is 13.0 Å². The summed E-state index contributed by atoms with van der Waals surface area (Å²) < 4.78 is 25.3. The molecule has 0 heterocycles. The highest BCUT2D eigenvalue weighted by atomic mass is 19.1. The second kappa shape index (κ2) is 6.92. The van der Waals surface area contributed by atoms with Gasteiger partial charge in [-0.3, -0.25) is 4.79 Å². The third-order valence-corrected chi connectivity index (χ3v) is 1.54. The first-order valence-electron chi connectivity index (χ1n) is 4.78. The van der Waals surface area contributed by atoms with Crippen LogP contribution in [0.2, 0.25) is 0 Å². The highest BCUT2D eigenvalue weighted by Crippen LogP contribution is 2.08. The van der Waals surface area contributed by atoms with E-state index in [-0.39, 0.29) is 18.0 Å². The molecule has 0 saturated heterocycles. The molecule has 1 rings (SSSR count). The van der Waals surface area contributed by atoms with Crippen LogP contribution in [0.4, 0.5) is 8.78 Å². The van der Waals surface area contributed by atoms with E-state index >= 15 is 0 Å². The van der Waals surface area contributed by atoms with Crippen LogP contribution in [0.25, 0.3) is 0 Å². The number of halogens is 2. The maximum absolute atomic E-state index is 12.9. The van der Waals surface area contributed by atoms with Crippen LogP contribution in [0.5, 0.6) is 0 Å². The molecular weight excluding hydrogens is 200 g/mol. The summed E-state index contributed by atoms with van der Waals surface area (Å²) in [5.74, 6) is -1.51. The van der Waals surface area contributed by atoms with Crippen molar-refractivity contribution in [2.45, 2.75) is 27.3 Å². The monoisotopic (exact) mass is 215 g/mol. The molecule has 0 spiro atoms. The summed E-state index contributed by atoms with van der Waals surface area (Å²) in [6, 6.07) is 3.25. The molecule has 2 nitrogen and oxygen atoms in total. The predicted octanol–water partition coefficient (Wildman–Crippen LogP) is 2.63. The summed E-state index contributed by atoms with van der Waals surface area (Å²) in [6.45, 7) is 5.42. The lowest BCUT2D eigenvalue weighted by molar-refractivity contribution is -0.119. The highest BCUT2D eigenvalue weighted by molar-refractivity contribution is 5.72. The Kier molecular flexibility index (Phi) is 6.25. The van der Waals surface area contributed by atoms with E-state index in [2.05, 4.69) is 5.32 Å². The zero-order chi connectivity index (χ0) is 11.8. The number of amides is 1. The van der Waals surface area contributed by atoms with Crippen molar-refractivity contribution in [1.29, 1.82) is 0 Å². The molecular formula is C11H15F2NO. The second-order valence-corrected chi connectivity index (χ2v) is 2.65.